The molecule has 0 radical (unpaired) electrons. The molecule has 3 heteroatoms. The number of alkyl halides is 3. The predicted molar refractivity (Wildman–Crippen MR) is 27.9 cm³/mol. The molecular formula is C6H5F3. The number of rotatable bonds is 0. The van der Waals surface area contributed by atoms with E-state index in [2.05, 4.69) is 0 Å². The zero-order chi connectivity index (χ0) is 7.07. The Morgan fingerprint density at radius 2 is 1.67 bits per heavy atom. The van der Waals surface area contributed by atoms with Crippen LogP contribution in [0.15, 0.2) is 23.3 Å². The first-order valence-corrected chi connectivity index (χ1v) is 2.47. The lowest BCUT2D eigenvalue weighted by atomic mass is 10.0. The van der Waals surface area contributed by atoms with Crippen molar-refractivity contribution >= 4 is 0 Å². The molecule has 1 rings (SSSR count). The molecule has 0 bridgehead atoms. The van der Waals surface area contributed by atoms with Crippen LogP contribution in [0, 0.1) is 0 Å². The molecule has 0 aromatic carbocycles. The number of hydrogen-bond acceptors (Lipinski definition) is 0. The van der Waals surface area contributed by atoms with E-state index in [0.717, 1.165) is 12.2 Å². The highest BCUT2D eigenvalue weighted by molar-refractivity contribution is 5.45. The lowest BCUT2D eigenvalue weighted by Gasteiger charge is -2.14. The average Bonchev–Trinajstić information content (AvgIpc) is 1.55. The third-order valence-corrected chi connectivity index (χ3v) is 1.09. The Balaban J connectivity index is 2.61. The van der Waals surface area contributed by atoms with Crippen molar-refractivity contribution in [3.05, 3.63) is 23.3 Å². The van der Waals surface area contributed by atoms with E-state index in [4.69, 9.17) is 0 Å². The van der Waals surface area contributed by atoms with Crippen LogP contribution in [-0.4, -0.2) is 6.18 Å². The Morgan fingerprint density at radius 1 is 1.22 bits per heavy atom. The Morgan fingerprint density at radius 3 is 1.78 bits per heavy atom. The summed E-state index contributed by atoms with van der Waals surface area (Å²) in [7, 11) is 0. The third kappa shape index (κ3) is 1.15. The molecule has 0 amide bonds. The van der Waals surface area contributed by atoms with Crippen LogP contribution in [0.1, 0.15) is 6.92 Å². The standard InChI is InChI=1S/C6H5F3/c1-4-2-5(3-4)6(7,8)9/h2-3H,1H3. The fraction of sp³-hybridized carbons (Fsp3) is 0.333. The van der Waals surface area contributed by atoms with Gasteiger partial charge in [-0.2, -0.15) is 13.2 Å². The van der Waals surface area contributed by atoms with Crippen molar-refractivity contribution in [2.75, 3.05) is 0 Å². The molecular weight excluding hydrogens is 129 g/mol. The monoisotopic (exact) mass is 134 g/mol. The Bertz CT molecular complexity index is 183. The molecule has 0 unspecified atom stereocenters. The van der Waals surface area contributed by atoms with Gasteiger partial charge in [0.25, 0.3) is 0 Å². The van der Waals surface area contributed by atoms with Crippen LogP contribution in [0.2, 0.25) is 0 Å². The van der Waals surface area contributed by atoms with E-state index in [-0.39, 0.29) is 0 Å². The van der Waals surface area contributed by atoms with Gasteiger partial charge in [-0.15, -0.1) is 0 Å². The summed E-state index contributed by atoms with van der Waals surface area (Å²) >= 11 is 0. The molecule has 0 saturated carbocycles. The fourth-order valence-corrected chi connectivity index (χ4v) is 0.641. The SMILES string of the molecule is CC1=CC(C(F)(F)F)=C1. The second-order valence-corrected chi connectivity index (χ2v) is 1.99. The molecule has 0 nitrogen and oxygen atoms in total. The first-order valence-electron chi connectivity index (χ1n) is 2.47. The van der Waals surface area contributed by atoms with Gasteiger partial charge in [0.05, 0.1) is 5.57 Å². The van der Waals surface area contributed by atoms with Crippen molar-refractivity contribution in [2.45, 2.75) is 13.1 Å². The first-order chi connectivity index (χ1) is 4.00. The summed E-state index contributed by atoms with van der Waals surface area (Å²) in [5.74, 6) is 0. The molecule has 0 N–H and O–H groups in total. The van der Waals surface area contributed by atoms with Crippen molar-refractivity contribution < 1.29 is 13.2 Å². The summed E-state index contributed by atoms with van der Waals surface area (Å²) in [6, 6.07) is 0. The van der Waals surface area contributed by atoms with Crippen molar-refractivity contribution in [1.82, 2.24) is 0 Å². The maximum atomic E-state index is 11.6. The van der Waals surface area contributed by atoms with Gasteiger partial charge >= 0.3 is 6.18 Å². The van der Waals surface area contributed by atoms with E-state index in [1.54, 1.807) is 6.92 Å². The Labute approximate surface area is 50.7 Å². The Kier molecular flexibility index (Phi) is 1.15. The summed E-state index contributed by atoms with van der Waals surface area (Å²) in [6.45, 7) is 1.63. The second-order valence-electron chi connectivity index (χ2n) is 1.99. The fourth-order valence-electron chi connectivity index (χ4n) is 0.641. The van der Waals surface area contributed by atoms with Gasteiger partial charge in [-0.1, -0.05) is 0 Å². The van der Waals surface area contributed by atoms with Gasteiger partial charge < -0.3 is 0 Å². The predicted octanol–water partition coefficient (Wildman–Crippen LogP) is 2.44. The molecule has 0 aromatic heterocycles. The molecule has 0 fully saturated rings. The smallest absolute Gasteiger partial charge is 0.166 e. The maximum absolute atomic E-state index is 11.6. The van der Waals surface area contributed by atoms with Crippen molar-refractivity contribution in [3.8, 4) is 0 Å². The maximum Gasteiger partial charge on any atom is 0.416 e. The largest absolute Gasteiger partial charge is 0.416 e. The number of hydrogen-bond donors (Lipinski definition) is 0. The van der Waals surface area contributed by atoms with Gasteiger partial charge in [0.15, 0.2) is 0 Å². The summed E-state index contributed by atoms with van der Waals surface area (Å²) in [6.07, 6.45) is -1.89. The van der Waals surface area contributed by atoms with Gasteiger partial charge in [-0.05, 0) is 24.6 Å². The molecule has 1 aliphatic rings. The summed E-state index contributed by atoms with van der Waals surface area (Å²) < 4.78 is 34.7. The minimum atomic E-state index is -4.14. The van der Waals surface area contributed by atoms with Crippen molar-refractivity contribution in [3.63, 3.8) is 0 Å². The molecule has 50 valence electrons. The van der Waals surface area contributed by atoms with Gasteiger partial charge in [0, 0.05) is 0 Å². The van der Waals surface area contributed by atoms with E-state index in [1.165, 1.54) is 0 Å². The van der Waals surface area contributed by atoms with E-state index in [0.29, 0.717) is 5.57 Å². The van der Waals surface area contributed by atoms with Crippen LogP contribution in [0.5, 0.6) is 0 Å². The minimum Gasteiger partial charge on any atom is -0.166 e. The average molecular weight is 134 g/mol. The van der Waals surface area contributed by atoms with Gasteiger partial charge in [-0.25, -0.2) is 0 Å². The van der Waals surface area contributed by atoms with Crippen molar-refractivity contribution in [2.24, 2.45) is 0 Å². The lowest BCUT2D eigenvalue weighted by Crippen LogP contribution is -2.14. The molecule has 0 heterocycles. The molecule has 1 aliphatic carbocycles. The van der Waals surface area contributed by atoms with Crippen LogP contribution in [0.25, 0.3) is 0 Å². The molecule has 0 spiro atoms. The van der Waals surface area contributed by atoms with Crippen LogP contribution in [-0.2, 0) is 0 Å². The number of halogens is 3. The normalized spacial score (nSPS) is 18.2. The van der Waals surface area contributed by atoms with Crippen LogP contribution in [0.3, 0.4) is 0 Å². The van der Waals surface area contributed by atoms with Gasteiger partial charge in [0.2, 0.25) is 0 Å². The molecule has 0 saturated heterocycles. The van der Waals surface area contributed by atoms with Crippen molar-refractivity contribution in [1.29, 1.82) is 0 Å². The zero-order valence-electron chi connectivity index (χ0n) is 4.79. The topological polar surface area (TPSA) is 0 Å². The highest BCUT2D eigenvalue weighted by Crippen LogP contribution is 2.33. The zero-order valence-corrected chi connectivity index (χ0v) is 4.79. The summed E-state index contributed by atoms with van der Waals surface area (Å²) in [5.41, 5.74) is 0.155. The highest BCUT2D eigenvalue weighted by atomic mass is 19.4. The highest BCUT2D eigenvalue weighted by Gasteiger charge is 2.34. The van der Waals surface area contributed by atoms with E-state index in [9.17, 15) is 13.2 Å². The van der Waals surface area contributed by atoms with E-state index >= 15 is 0 Å². The first kappa shape index (κ1) is 6.39. The molecule has 0 atom stereocenters. The molecule has 9 heavy (non-hydrogen) atoms. The quantitative estimate of drug-likeness (QED) is 0.477. The summed E-state index contributed by atoms with van der Waals surface area (Å²) in [4.78, 5) is 0. The number of allylic oxidation sites excluding steroid dienone is 4. The third-order valence-electron chi connectivity index (χ3n) is 1.09. The molecule has 0 aromatic rings. The lowest BCUT2D eigenvalue weighted by molar-refractivity contribution is -0.0891. The van der Waals surface area contributed by atoms with Gasteiger partial charge in [-0.3, -0.25) is 0 Å². The van der Waals surface area contributed by atoms with Crippen LogP contribution >= 0.6 is 0 Å². The minimum absolute atomic E-state index is 0.528. The van der Waals surface area contributed by atoms with E-state index in [1.807, 2.05) is 0 Å². The molecule has 0 aliphatic heterocycles. The summed E-state index contributed by atoms with van der Waals surface area (Å²) in [5, 5.41) is 0. The van der Waals surface area contributed by atoms with Gasteiger partial charge in [0.1, 0.15) is 0 Å². The Hall–Kier alpha value is -0.730. The van der Waals surface area contributed by atoms with Crippen LogP contribution in [0.4, 0.5) is 13.2 Å². The van der Waals surface area contributed by atoms with E-state index < -0.39 is 11.7 Å². The second kappa shape index (κ2) is 1.62. The van der Waals surface area contributed by atoms with Crippen LogP contribution < -0.4 is 0 Å².